The SMILES string of the molecule is C[C@@H](NC[C@H]1CN(C(=O)c2ccc(Oc3ccc(C(=O)O)cc3)cc2)C[C@@H]1c1ccccc1)c1cccc2ccccc12.Cl. The molecule has 0 aliphatic carbocycles. The quantitative estimate of drug-likeness (QED) is 0.178. The van der Waals surface area contributed by atoms with Crippen LogP contribution in [0.2, 0.25) is 0 Å². The van der Waals surface area contributed by atoms with Gasteiger partial charge in [0.15, 0.2) is 0 Å². The number of carbonyl (C=O) groups is 2. The molecule has 6 nitrogen and oxygen atoms in total. The van der Waals surface area contributed by atoms with E-state index >= 15 is 0 Å². The number of rotatable bonds is 9. The first-order chi connectivity index (χ1) is 21.0. The van der Waals surface area contributed by atoms with Crippen LogP contribution < -0.4 is 10.1 Å². The number of ether oxygens (including phenoxy) is 1. The number of amides is 1. The van der Waals surface area contributed by atoms with E-state index in [2.05, 4.69) is 79.0 Å². The molecule has 1 saturated heterocycles. The van der Waals surface area contributed by atoms with Gasteiger partial charge in [0.1, 0.15) is 11.5 Å². The molecule has 1 heterocycles. The standard InChI is InChI=1S/C37H34N2O4.ClH/c1-25(33-13-7-11-26-10-5-6-12-34(26)33)38-22-30-23-39(24-35(30)27-8-3-2-4-9-27)36(40)28-14-18-31(19-15-28)43-32-20-16-29(17-21-32)37(41)42;/h2-21,25,30,35,38H,22-24H2,1H3,(H,41,42);1H/t25-,30+,35-;/m1./s1. The van der Waals surface area contributed by atoms with Gasteiger partial charge in [-0.15, -0.1) is 12.4 Å². The molecule has 0 bridgehead atoms. The third-order valence-corrected chi connectivity index (χ3v) is 8.37. The topological polar surface area (TPSA) is 78.9 Å². The van der Waals surface area contributed by atoms with Crippen molar-refractivity contribution in [1.29, 1.82) is 0 Å². The summed E-state index contributed by atoms with van der Waals surface area (Å²) in [6.07, 6.45) is 0. The number of aromatic carboxylic acids is 1. The molecule has 6 rings (SSSR count). The molecule has 44 heavy (non-hydrogen) atoms. The molecule has 1 aliphatic heterocycles. The average Bonchev–Trinajstić information content (AvgIpc) is 3.48. The summed E-state index contributed by atoms with van der Waals surface area (Å²) in [5, 5.41) is 15.4. The highest BCUT2D eigenvalue weighted by molar-refractivity contribution is 5.94. The lowest BCUT2D eigenvalue weighted by Gasteiger charge is -2.23. The minimum Gasteiger partial charge on any atom is -0.478 e. The summed E-state index contributed by atoms with van der Waals surface area (Å²) in [6, 6.07) is 38.9. The van der Waals surface area contributed by atoms with E-state index in [1.165, 1.54) is 34.0 Å². The molecule has 224 valence electrons. The fourth-order valence-corrected chi connectivity index (χ4v) is 6.04. The number of carboxylic acids is 1. The molecule has 0 radical (unpaired) electrons. The predicted molar refractivity (Wildman–Crippen MR) is 176 cm³/mol. The van der Waals surface area contributed by atoms with E-state index in [1.54, 1.807) is 36.4 Å². The van der Waals surface area contributed by atoms with Crippen molar-refractivity contribution < 1.29 is 19.4 Å². The minimum absolute atomic E-state index is 0. The van der Waals surface area contributed by atoms with Gasteiger partial charge >= 0.3 is 5.97 Å². The summed E-state index contributed by atoms with van der Waals surface area (Å²) in [6.45, 7) is 4.33. The van der Waals surface area contributed by atoms with E-state index in [0.29, 0.717) is 30.2 Å². The highest BCUT2D eigenvalue weighted by Crippen LogP contribution is 2.34. The van der Waals surface area contributed by atoms with Gasteiger partial charge in [0.2, 0.25) is 0 Å². The molecule has 7 heteroatoms. The Hall–Kier alpha value is -4.65. The van der Waals surface area contributed by atoms with Crippen molar-refractivity contribution in [3.8, 4) is 11.5 Å². The molecule has 2 N–H and O–H groups in total. The minimum atomic E-state index is -0.983. The van der Waals surface area contributed by atoms with Gasteiger partial charge in [0.25, 0.3) is 5.91 Å². The Bertz CT molecular complexity index is 1720. The molecule has 3 atom stereocenters. The van der Waals surface area contributed by atoms with Gasteiger partial charge in [-0.2, -0.15) is 0 Å². The number of likely N-dealkylation sites (tertiary alicyclic amines) is 1. The van der Waals surface area contributed by atoms with Gasteiger partial charge in [0, 0.05) is 37.2 Å². The highest BCUT2D eigenvalue weighted by atomic mass is 35.5. The zero-order valence-corrected chi connectivity index (χ0v) is 25.2. The molecular formula is C37H35ClN2O4. The van der Waals surface area contributed by atoms with Crippen molar-refractivity contribution in [1.82, 2.24) is 10.2 Å². The molecular weight excluding hydrogens is 572 g/mol. The Morgan fingerprint density at radius 2 is 1.41 bits per heavy atom. The van der Waals surface area contributed by atoms with Crippen LogP contribution in [-0.2, 0) is 0 Å². The smallest absolute Gasteiger partial charge is 0.335 e. The van der Waals surface area contributed by atoms with E-state index in [0.717, 1.165) is 6.54 Å². The molecule has 0 spiro atoms. The van der Waals surface area contributed by atoms with Crippen LogP contribution in [0, 0.1) is 5.92 Å². The highest BCUT2D eigenvalue weighted by Gasteiger charge is 2.36. The summed E-state index contributed by atoms with van der Waals surface area (Å²) in [5.74, 6) is 0.620. The molecule has 0 unspecified atom stereocenters. The first-order valence-electron chi connectivity index (χ1n) is 14.6. The van der Waals surface area contributed by atoms with Crippen molar-refractivity contribution in [3.63, 3.8) is 0 Å². The Labute approximate surface area is 263 Å². The first kappa shape index (κ1) is 30.8. The number of benzene rings is 5. The Morgan fingerprint density at radius 1 is 0.795 bits per heavy atom. The van der Waals surface area contributed by atoms with E-state index < -0.39 is 5.97 Å². The summed E-state index contributed by atoms with van der Waals surface area (Å²) < 4.78 is 5.86. The molecule has 1 aliphatic rings. The van der Waals surface area contributed by atoms with Gasteiger partial charge in [-0.25, -0.2) is 4.79 Å². The van der Waals surface area contributed by atoms with Crippen LogP contribution in [-0.4, -0.2) is 41.5 Å². The van der Waals surface area contributed by atoms with Crippen LogP contribution in [0.15, 0.2) is 121 Å². The van der Waals surface area contributed by atoms with Gasteiger partial charge in [-0.05, 0) is 83.3 Å². The van der Waals surface area contributed by atoms with Crippen LogP contribution in [0.5, 0.6) is 11.5 Å². The van der Waals surface area contributed by atoms with Gasteiger partial charge in [-0.1, -0.05) is 72.8 Å². The molecule has 0 aromatic heterocycles. The zero-order chi connectivity index (χ0) is 29.8. The van der Waals surface area contributed by atoms with Gasteiger partial charge in [0.05, 0.1) is 5.56 Å². The fraction of sp³-hybridized carbons (Fsp3) is 0.189. The zero-order valence-electron chi connectivity index (χ0n) is 24.4. The monoisotopic (exact) mass is 606 g/mol. The number of carboxylic acid groups (broad SMARTS) is 1. The number of carbonyl (C=O) groups excluding carboxylic acids is 1. The second kappa shape index (κ2) is 13.8. The summed E-state index contributed by atoms with van der Waals surface area (Å²) in [5.41, 5.74) is 3.34. The maximum Gasteiger partial charge on any atom is 0.335 e. The lowest BCUT2D eigenvalue weighted by molar-refractivity contribution is 0.0696. The summed E-state index contributed by atoms with van der Waals surface area (Å²) >= 11 is 0. The average molecular weight is 607 g/mol. The number of hydrogen-bond donors (Lipinski definition) is 2. The number of halogens is 1. The number of fused-ring (bicyclic) bond motifs is 1. The van der Waals surface area contributed by atoms with Crippen molar-refractivity contribution in [3.05, 3.63) is 144 Å². The first-order valence-corrected chi connectivity index (χ1v) is 14.6. The maximum absolute atomic E-state index is 13.7. The van der Waals surface area contributed by atoms with E-state index in [1.807, 2.05) is 11.0 Å². The van der Waals surface area contributed by atoms with Crippen molar-refractivity contribution in [2.24, 2.45) is 5.92 Å². The van der Waals surface area contributed by atoms with Crippen LogP contribution in [0.4, 0.5) is 0 Å². The summed E-state index contributed by atoms with van der Waals surface area (Å²) in [7, 11) is 0. The van der Waals surface area contributed by atoms with Crippen LogP contribution in [0.3, 0.4) is 0 Å². The third kappa shape index (κ3) is 6.77. The Balaban J connectivity index is 0.00000384. The Kier molecular flexibility index (Phi) is 9.63. The lowest BCUT2D eigenvalue weighted by Crippen LogP contribution is -2.32. The Morgan fingerprint density at radius 3 is 2.09 bits per heavy atom. The van der Waals surface area contributed by atoms with Crippen LogP contribution in [0.1, 0.15) is 50.7 Å². The van der Waals surface area contributed by atoms with Crippen LogP contribution >= 0.6 is 12.4 Å². The maximum atomic E-state index is 13.7. The van der Waals surface area contributed by atoms with E-state index in [9.17, 15) is 9.59 Å². The largest absolute Gasteiger partial charge is 0.478 e. The molecule has 0 saturated carbocycles. The second-order valence-electron chi connectivity index (χ2n) is 11.1. The van der Waals surface area contributed by atoms with E-state index in [4.69, 9.17) is 9.84 Å². The third-order valence-electron chi connectivity index (χ3n) is 8.37. The van der Waals surface area contributed by atoms with Crippen molar-refractivity contribution >= 4 is 35.1 Å². The molecule has 5 aromatic rings. The molecule has 1 amide bonds. The van der Waals surface area contributed by atoms with Gasteiger partial charge < -0.3 is 20.1 Å². The molecule has 1 fully saturated rings. The lowest BCUT2D eigenvalue weighted by atomic mass is 9.88. The molecule has 5 aromatic carbocycles. The van der Waals surface area contributed by atoms with Crippen molar-refractivity contribution in [2.75, 3.05) is 19.6 Å². The van der Waals surface area contributed by atoms with Crippen LogP contribution in [0.25, 0.3) is 10.8 Å². The predicted octanol–water partition coefficient (Wildman–Crippen LogP) is 7.96. The van der Waals surface area contributed by atoms with E-state index in [-0.39, 0.29) is 41.8 Å². The summed E-state index contributed by atoms with van der Waals surface area (Å²) in [4.78, 5) is 26.7. The fourth-order valence-electron chi connectivity index (χ4n) is 6.04. The number of hydrogen-bond acceptors (Lipinski definition) is 4. The normalized spacial score (nSPS) is 16.7. The number of nitrogens with zero attached hydrogens (tertiary/aromatic N) is 1. The van der Waals surface area contributed by atoms with Gasteiger partial charge in [-0.3, -0.25) is 4.79 Å². The van der Waals surface area contributed by atoms with Crippen molar-refractivity contribution in [2.45, 2.75) is 18.9 Å². The number of nitrogens with one attached hydrogen (secondary N) is 1. The second-order valence-corrected chi connectivity index (χ2v) is 11.1.